The highest BCUT2D eigenvalue weighted by Gasteiger charge is 2.19. The number of hydrogen-bond donors (Lipinski definition) is 1. The van der Waals surface area contributed by atoms with Crippen molar-refractivity contribution >= 4 is 16.9 Å². The van der Waals surface area contributed by atoms with Crippen LogP contribution in [0.2, 0.25) is 0 Å². The van der Waals surface area contributed by atoms with Gasteiger partial charge in [-0.2, -0.15) is 0 Å². The molecule has 23 heavy (non-hydrogen) atoms. The number of imidazole rings is 1. The number of nitrogens with one attached hydrogen (secondary N) is 1. The number of para-hydroxylation sites is 2. The maximum atomic E-state index is 12.3. The van der Waals surface area contributed by atoms with Crippen LogP contribution < -0.4 is 11.0 Å². The molecule has 0 radical (unpaired) electrons. The standard InChI is InChI=1S/C17H24N4O2/c1-13(20-9-5-6-10-20)11-18-16(22)12-21-15-8-4-3-7-14(15)19(2)17(21)23/h3-4,7-8,13H,5-6,9-12H2,1-2H3,(H,18,22). The van der Waals surface area contributed by atoms with Crippen molar-refractivity contribution < 1.29 is 4.79 Å². The van der Waals surface area contributed by atoms with Crippen molar-refractivity contribution in [1.29, 1.82) is 0 Å². The molecule has 1 amide bonds. The summed E-state index contributed by atoms with van der Waals surface area (Å²) in [7, 11) is 1.73. The highest BCUT2D eigenvalue weighted by molar-refractivity contribution is 5.80. The number of likely N-dealkylation sites (tertiary alicyclic amines) is 1. The molecule has 3 rings (SSSR count). The van der Waals surface area contributed by atoms with Crippen molar-refractivity contribution in [2.45, 2.75) is 32.4 Å². The second-order valence-corrected chi connectivity index (χ2v) is 6.31. The number of aryl methyl sites for hydroxylation is 1. The van der Waals surface area contributed by atoms with E-state index >= 15 is 0 Å². The molecule has 6 heteroatoms. The molecule has 0 aliphatic carbocycles. The Morgan fingerprint density at radius 1 is 1.22 bits per heavy atom. The Morgan fingerprint density at radius 2 is 1.87 bits per heavy atom. The molecule has 1 aliphatic heterocycles. The third kappa shape index (κ3) is 3.17. The van der Waals surface area contributed by atoms with Gasteiger partial charge >= 0.3 is 5.69 Å². The van der Waals surface area contributed by atoms with Gasteiger partial charge in [-0.25, -0.2) is 4.79 Å². The van der Waals surface area contributed by atoms with E-state index in [0.29, 0.717) is 12.6 Å². The molecular formula is C17H24N4O2. The minimum absolute atomic E-state index is 0.0624. The number of benzene rings is 1. The van der Waals surface area contributed by atoms with Crippen LogP contribution in [0.15, 0.2) is 29.1 Å². The molecular weight excluding hydrogens is 292 g/mol. The van der Waals surface area contributed by atoms with Crippen LogP contribution in [-0.2, 0) is 18.4 Å². The van der Waals surface area contributed by atoms with Gasteiger partial charge in [-0.1, -0.05) is 12.1 Å². The Hall–Kier alpha value is -2.08. The summed E-state index contributed by atoms with van der Waals surface area (Å²) in [5, 5.41) is 2.96. The second kappa shape index (κ2) is 6.58. The fraction of sp³-hybridized carbons (Fsp3) is 0.529. The number of aromatic nitrogens is 2. The van der Waals surface area contributed by atoms with E-state index in [2.05, 4.69) is 17.1 Å². The molecule has 2 aromatic rings. The van der Waals surface area contributed by atoms with E-state index in [-0.39, 0.29) is 18.1 Å². The summed E-state index contributed by atoms with van der Waals surface area (Å²) in [5.74, 6) is -0.116. The largest absolute Gasteiger partial charge is 0.353 e. The number of carbonyl (C=O) groups is 1. The van der Waals surface area contributed by atoms with Crippen LogP contribution >= 0.6 is 0 Å². The summed E-state index contributed by atoms with van der Waals surface area (Å²) in [6, 6.07) is 7.87. The Kier molecular flexibility index (Phi) is 4.52. The minimum atomic E-state index is -0.158. The van der Waals surface area contributed by atoms with E-state index in [9.17, 15) is 9.59 Å². The molecule has 0 saturated carbocycles. The first-order chi connectivity index (χ1) is 11.1. The van der Waals surface area contributed by atoms with Gasteiger partial charge in [-0.15, -0.1) is 0 Å². The smallest absolute Gasteiger partial charge is 0.329 e. The van der Waals surface area contributed by atoms with E-state index in [0.717, 1.165) is 24.1 Å². The van der Waals surface area contributed by atoms with Gasteiger partial charge in [0.2, 0.25) is 5.91 Å². The van der Waals surface area contributed by atoms with Crippen LogP contribution in [-0.4, -0.2) is 45.6 Å². The SMILES string of the molecule is CC(CNC(=O)Cn1c(=O)n(C)c2ccccc21)N1CCCC1. The van der Waals surface area contributed by atoms with Crippen LogP contribution in [0.5, 0.6) is 0 Å². The van der Waals surface area contributed by atoms with Gasteiger partial charge in [-0.05, 0) is 45.0 Å². The van der Waals surface area contributed by atoms with Gasteiger partial charge in [0.15, 0.2) is 0 Å². The van der Waals surface area contributed by atoms with Crippen molar-refractivity contribution in [2.75, 3.05) is 19.6 Å². The molecule has 6 nitrogen and oxygen atoms in total. The normalized spacial score (nSPS) is 16.8. The maximum Gasteiger partial charge on any atom is 0.329 e. The molecule has 1 aromatic heterocycles. The second-order valence-electron chi connectivity index (χ2n) is 6.31. The van der Waals surface area contributed by atoms with Crippen molar-refractivity contribution in [2.24, 2.45) is 7.05 Å². The zero-order valence-electron chi connectivity index (χ0n) is 13.8. The average molecular weight is 316 g/mol. The monoisotopic (exact) mass is 316 g/mol. The molecule has 1 saturated heterocycles. The molecule has 1 aliphatic rings. The van der Waals surface area contributed by atoms with Crippen LogP contribution in [0.3, 0.4) is 0 Å². The van der Waals surface area contributed by atoms with Crippen molar-refractivity contribution in [1.82, 2.24) is 19.4 Å². The Balaban J connectivity index is 1.66. The Bertz CT molecular complexity index is 756. The lowest BCUT2D eigenvalue weighted by Gasteiger charge is -2.23. The molecule has 1 N–H and O–H groups in total. The molecule has 0 spiro atoms. The third-order valence-electron chi connectivity index (χ3n) is 4.71. The third-order valence-corrected chi connectivity index (χ3v) is 4.71. The molecule has 0 bridgehead atoms. The van der Waals surface area contributed by atoms with Gasteiger partial charge < -0.3 is 5.32 Å². The predicted octanol–water partition coefficient (Wildman–Crippen LogP) is 0.940. The number of fused-ring (bicyclic) bond motifs is 1. The van der Waals surface area contributed by atoms with Crippen molar-refractivity contribution in [3.63, 3.8) is 0 Å². The highest BCUT2D eigenvalue weighted by atomic mass is 16.2. The van der Waals surface area contributed by atoms with Gasteiger partial charge in [0.25, 0.3) is 0 Å². The first-order valence-electron chi connectivity index (χ1n) is 8.23. The maximum absolute atomic E-state index is 12.3. The summed E-state index contributed by atoms with van der Waals surface area (Å²) in [6.07, 6.45) is 2.48. The highest BCUT2D eigenvalue weighted by Crippen LogP contribution is 2.12. The molecule has 1 fully saturated rings. The number of rotatable bonds is 5. The lowest BCUT2D eigenvalue weighted by molar-refractivity contribution is -0.121. The summed E-state index contributed by atoms with van der Waals surface area (Å²) >= 11 is 0. The Labute approximate surface area is 135 Å². The topological polar surface area (TPSA) is 59.3 Å². The number of nitrogens with zero attached hydrogens (tertiary/aromatic N) is 3. The van der Waals surface area contributed by atoms with Crippen LogP contribution in [0, 0.1) is 0 Å². The molecule has 1 atom stereocenters. The van der Waals surface area contributed by atoms with Crippen molar-refractivity contribution in [3.8, 4) is 0 Å². The van der Waals surface area contributed by atoms with E-state index < -0.39 is 0 Å². The van der Waals surface area contributed by atoms with Gasteiger partial charge in [0.05, 0.1) is 11.0 Å². The summed E-state index contributed by atoms with van der Waals surface area (Å²) < 4.78 is 3.11. The quantitative estimate of drug-likeness (QED) is 0.893. The summed E-state index contributed by atoms with van der Waals surface area (Å²) in [6.45, 7) is 5.04. The zero-order chi connectivity index (χ0) is 16.4. The van der Waals surface area contributed by atoms with E-state index in [4.69, 9.17) is 0 Å². The summed E-state index contributed by atoms with van der Waals surface area (Å²) in [4.78, 5) is 26.9. The Morgan fingerprint density at radius 3 is 2.57 bits per heavy atom. The fourth-order valence-corrected chi connectivity index (χ4v) is 3.29. The molecule has 1 unspecified atom stereocenters. The molecule has 1 aromatic carbocycles. The number of carbonyl (C=O) groups excluding carboxylic acids is 1. The van der Waals surface area contributed by atoms with E-state index in [1.165, 1.54) is 17.4 Å². The average Bonchev–Trinajstić information content (AvgIpc) is 3.17. The van der Waals surface area contributed by atoms with Gasteiger partial charge in [-0.3, -0.25) is 18.8 Å². The zero-order valence-corrected chi connectivity index (χ0v) is 13.8. The predicted molar refractivity (Wildman–Crippen MR) is 90.5 cm³/mol. The first kappa shape index (κ1) is 15.8. The molecule has 2 heterocycles. The lowest BCUT2D eigenvalue weighted by atomic mass is 10.3. The lowest BCUT2D eigenvalue weighted by Crippen LogP contribution is -2.42. The van der Waals surface area contributed by atoms with E-state index in [1.807, 2.05) is 24.3 Å². The summed E-state index contributed by atoms with van der Waals surface area (Å²) in [5.41, 5.74) is 1.48. The van der Waals surface area contributed by atoms with Gasteiger partial charge in [0.1, 0.15) is 6.54 Å². The van der Waals surface area contributed by atoms with Crippen LogP contribution in [0.1, 0.15) is 19.8 Å². The van der Waals surface area contributed by atoms with Gasteiger partial charge in [0, 0.05) is 19.6 Å². The molecule has 124 valence electrons. The number of amides is 1. The van der Waals surface area contributed by atoms with Crippen LogP contribution in [0.4, 0.5) is 0 Å². The minimum Gasteiger partial charge on any atom is -0.353 e. The fourth-order valence-electron chi connectivity index (χ4n) is 3.29. The first-order valence-corrected chi connectivity index (χ1v) is 8.23. The van der Waals surface area contributed by atoms with Crippen molar-refractivity contribution in [3.05, 3.63) is 34.7 Å². The van der Waals surface area contributed by atoms with E-state index in [1.54, 1.807) is 11.6 Å². The number of hydrogen-bond acceptors (Lipinski definition) is 3. The van der Waals surface area contributed by atoms with Crippen LogP contribution in [0.25, 0.3) is 11.0 Å².